The number of halogens is 3. The molecule has 0 radical (unpaired) electrons. The van der Waals surface area contributed by atoms with Crippen molar-refractivity contribution in [2.45, 2.75) is 19.5 Å². The lowest BCUT2D eigenvalue weighted by atomic mass is 10.1. The second kappa shape index (κ2) is 6.47. The second-order valence-electron chi connectivity index (χ2n) is 4.41. The van der Waals surface area contributed by atoms with Crippen LogP contribution >= 0.6 is 0 Å². The van der Waals surface area contributed by atoms with E-state index in [9.17, 15) is 22.8 Å². The van der Waals surface area contributed by atoms with Gasteiger partial charge in [0.05, 0.1) is 16.8 Å². The Bertz CT molecular complexity index is 544. The standard InChI is InChI=1S/C13H15F3N2O3/c1-2-5-18(7-11(19)20)10-4-3-8(13(14,15)16)6-9(10)12(17)21/h3-4,6H,2,5,7H2,1H3,(H2,17,21)(H,19,20). The Balaban J connectivity index is 3.32. The van der Waals surface area contributed by atoms with Gasteiger partial charge in [0.15, 0.2) is 0 Å². The van der Waals surface area contributed by atoms with E-state index in [1.54, 1.807) is 6.92 Å². The molecule has 0 aliphatic carbocycles. The summed E-state index contributed by atoms with van der Waals surface area (Å²) in [6.45, 7) is 1.63. The van der Waals surface area contributed by atoms with Crippen molar-refractivity contribution in [3.05, 3.63) is 29.3 Å². The number of benzene rings is 1. The number of amides is 1. The van der Waals surface area contributed by atoms with Crippen molar-refractivity contribution in [3.63, 3.8) is 0 Å². The molecule has 1 aromatic rings. The molecular weight excluding hydrogens is 289 g/mol. The average molecular weight is 304 g/mol. The van der Waals surface area contributed by atoms with Gasteiger partial charge in [-0.05, 0) is 24.6 Å². The number of carbonyl (C=O) groups excluding carboxylic acids is 1. The molecule has 21 heavy (non-hydrogen) atoms. The summed E-state index contributed by atoms with van der Waals surface area (Å²) in [5, 5.41) is 8.85. The molecule has 0 fully saturated rings. The number of alkyl halides is 3. The summed E-state index contributed by atoms with van der Waals surface area (Å²) < 4.78 is 38.0. The molecule has 8 heteroatoms. The number of aliphatic carboxylic acids is 1. The largest absolute Gasteiger partial charge is 0.480 e. The first-order chi connectivity index (χ1) is 9.66. The Morgan fingerprint density at radius 2 is 1.95 bits per heavy atom. The van der Waals surface area contributed by atoms with Crippen molar-refractivity contribution in [1.82, 2.24) is 0 Å². The number of carboxylic acids is 1. The molecule has 0 aliphatic rings. The van der Waals surface area contributed by atoms with Crippen LogP contribution in [0.4, 0.5) is 18.9 Å². The van der Waals surface area contributed by atoms with E-state index in [1.807, 2.05) is 0 Å². The minimum atomic E-state index is -4.61. The van der Waals surface area contributed by atoms with Crippen LogP contribution in [0.15, 0.2) is 18.2 Å². The molecule has 1 rings (SSSR count). The van der Waals surface area contributed by atoms with E-state index in [1.165, 1.54) is 4.90 Å². The molecule has 0 bridgehead atoms. The Labute approximate surface area is 119 Å². The number of hydrogen-bond donors (Lipinski definition) is 2. The molecule has 0 heterocycles. The van der Waals surface area contributed by atoms with Gasteiger partial charge in [0.1, 0.15) is 6.54 Å². The Morgan fingerprint density at radius 1 is 1.33 bits per heavy atom. The predicted octanol–water partition coefficient (Wildman–Crippen LogP) is 2.11. The first-order valence-electron chi connectivity index (χ1n) is 6.14. The summed E-state index contributed by atoms with van der Waals surface area (Å²) in [6, 6.07) is 2.51. The lowest BCUT2D eigenvalue weighted by Gasteiger charge is -2.24. The van der Waals surface area contributed by atoms with E-state index < -0.39 is 30.2 Å². The molecule has 3 N–H and O–H groups in total. The lowest BCUT2D eigenvalue weighted by molar-refractivity contribution is -0.138. The van der Waals surface area contributed by atoms with Crippen LogP contribution in [0.2, 0.25) is 0 Å². The van der Waals surface area contributed by atoms with Gasteiger partial charge < -0.3 is 15.7 Å². The molecule has 0 aliphatic heterocycles. The van der Waals surface area contributed by atoms with Crippen molar-refractivity contribution in [3.8, 4) is 0 Å². The van der Waals surface area contributed by atoms with E-state index >= 15 is 0 Å². The van der Waals surface area contributed by atoms with Gasteiger partial charge >= 0.3 is 12.1 Å². The maximum Gasteiger partial charge on any atom is 0.416 e. The topological polar surface area (TPSA) is 83.6 Å². The van der Waals surface area contributed by atoms with Gasteiger partial charge in [-0.2, -0.15) is 13.2 Å². The molecule has 116 valence electrons. The maximum atomic E-state index is 12.7. The summed E-state index contributed by atoms with van der Waals surface area (Å²) in [7, 11) is 0. The number of primary amides is 1. The second-order valence-corrected chi connectivity index (χ2v) is 4.41. The van der Waals surface area contributed by atoms with Crippen molar-refractivity contribution in [2.24, 2.45) is 5.73 Å². The number of anilines is 1. The minimum Gasteiger partial charge on any atom is -0.480 e. The maximum absolute atomic E-state index is 12.7. The van der Waals surface area contributed by atoms with Crippen LogP contribution in [0.25, 0.3) is 0 Å². The van der Waals surface area contributed by atoms with E-state index in [0.717, 1.165) is 12.1 Å². The number of carbonyl (C=O) groups is 2. The highest BCUT2D eigenvalue weighted by Crippen LogP contribution is 2.32. The van der Waals surface area contributed by atoms with Gasteiger partial charge in [-0.25, -0.2) is 0 Å². The zero-order valence-corrected chi connectivity index (χ0v) is 11.3. The van der Waals surface area contributed by atoms with Gasteiger partial charge in [0, 0.05) is 6.54 Å². The van der Waals surface area contributed by atoms with Gasteiger partial charge in [0.2, 0.25) is 0 Å². The average Bonchev–Trinajstić information content (AvgIpc) is 2.36. The highest BCUT2D eigenvalue weighted by Gasteiger charge is 2.32. The third kappa shape index (κ3) is 4.37. The number of nitrogens with zero attached hydrogens (tertiary/aromatic N) is 1. The van der Waals surface area contributed by atoms with Crippen LogP contribution in [0.1, 0.15) is 29.3 Å². The van der Waals surface area contributed by atoms with E-state index in [0.29, 0.717) is 12.5 Å². The van der Waals surface area contributed by atoms with Crippen molar-refractivity contribution in [1.29, 1.82) is 0 Å². The summed E-state index contributed by atoms with van der Waals surface area (Å²) in [5.74, 6) is -2.19. The highest BCUT2D eigenvalue weighted by atomic mass is 19.4. The SMILES string of the molecule is CCCN(CC(=O)O)c1ccc(C(F)(F)F)cc1C(N)=O. The monoisotopic (exact) mass is 304 g/mol. The molecule has 0 atom stereocenters. The third-order valence-electron chi connectivity index (χ3n) is 2.75. The fourth-order valence-electron chi connectivity index (χ4n) is 1.90. The molecule has 1 amide bonds. The van der Waals surface area contributed by atoms with E-state index in [-0.39, 0.29) is 17.8 Å². The van der Waals surface area contributed by atoms with Gasteiger partial charge in [-0.1, -0.05) is 6.92 Å². The zero-order chi connectivity index (χ0) is 16.2. The van der Waals surface area contributed by atoms with Crippen molar-refractivity contribution < 1.29 is 27.9 Å². The zero-order valence-electron chi connectivity index (χ0n) is 11.3. The Kier molecular flexibility index (Phi) is 5.17. The summed E-state index contributed by atoms with van der Waals surface area (Å²) in [6.07, 6.45) is -4.04. The van der Waals surface area contributed by atoms with Gasteiger partial charge in [-0.15, -0.1) is 0 Å². The van der Waals surface area contributed by atoms with Gasteiger partial charge in [-0.3, -0.25) is 9.59 Å². The van der Waals surface area contributed by atoms with Crippen LogP contribution in [0, 0.1) is 0 Å². The molecule has 0 saturated heterocycles. The number of carboxylic acid groups (broad SMARTS) is 1. The quantitative estimate of drug-likeness (QED) is 0.843. The minimum absolute atomic E-state index is 0.0831. The molecule has 0 aromatic heterocycles. The first-order valence-corrected chi connectivity index (χ1v) is 6.14. The number of nitrogens with two attached hydrogens (primary N) is 1. The van der Waals surface area contributed by atoms with Crippen LogP contribution in [0.5, 0.6) is 0 Å². The van der Waals surface area contributed by atoms with Crippen molar-refractivity contribution in [2.75, 3.05) is 18.0 Å². The summed E-state index contributed by atoms with van der Waals surface area (Å²) >= 11 is 0. The first kappa shape index (κ1) is 16.8. The van der Waals surface area contributed by atoms with Crippen LogP contribution in [-0.2, 0) is 11.0 Å². The molecule has 5 nitrogen and oxygen atoms in total. The third-order valence-corrected chi connectivity index (χ3v) is 2.75. The van der Waals surface area contributed by atoms with Crippen LogP contribution < -0.4 is 10.6 Å². The van der Waals surface area contributed by atoms with E-state index in [2.05, 4.69) is 0 Å². The summed E-state index contributed by atoms with van der Waals surface area (Å²) in [5.41, 5.74) is 3.84. The predicted molar refractivity (Wildman–Crippen MR) is 70.1 cm³/mol. The van der Waals surface area contributed by atoms with Crippen LogP contribution in [-0.4, -0.2) is 30.1 Å². The molecule has 0 unspecified atom stereocenters. The fourth-order valence-corrected chi connectivity index (χ4v) is 1.90. The molecule has 0 spiro atoms. The smallest absolute Gasteiger partial charge is 0.416 e. The van der Waals surface area contributed by atoms with Crippen LogP contribution in [0.3, 0.4) is 0 Å². The summed E-state index contributed by atoms with van der Waals surface area (Å²) in [4.78, 5) is 23.5. The van der Waals surface area contributed by atoms with Gasteiger partial charge in [0.25, 0.3) is 5.91 Å². The lowest BCUT2D eigenvalue weighted by Crippen LogP contribution is -2.32. The Morgan fingerprint density at radius 3 is 2.38 bits per heavy atom. The van der Waals surface area contributed by atoms with E-state index in [4.69, 9.17) is 10.8 Å². The van der Waals surface area contributed by atoms with Crippen molar-refractivity contribution >= 4 is 17.6 Å². The Hall–Kier alpha value is -2.25. The normalized spacial score (nSPS) is 11.2. The fraction of sp³-hybridized carbons (Fsp3) is 0.385. The number of rotatable bonds is 6. The molecule has 1 aromatic carbocycles. The molecular formula is C13H15F3N2O3. The molecule has 0 saturated carbocycles. The highest BCUT2D eigenvalue weighted by molar-refractivity contribution is 5.99. The number of hydrogen-bond acceptors (Lipinski definition) is 3.